The monoisotopic (exact) mass is 371 g/mol. The fourth-order valence-electron chi connectivity index (χ4n) is 1.93. The maximum atomic E-state index is 13.1. The van der Waals surface area contributed by atoms with Crippen LogP contribution in [0.2, 0.25) is 5.02 Å². The van der Waals surface area contributed by atoms with Crippen LogP contribution in [-0.2, 0) is 16.6 Å². The molecule has 1 aromatic carbocycles. The third-order valence-electron chi connectivity index (χ3n) is 3.11. The van der Waals surface area contributed by atoms with Crippen molar-refractivity contribution in [3.8, 4) is 11.3 Å². The highest BCUT2D eigenvalue weighted by Crippen LogP contribution is 2.25. The Labute approximate surface area is 141 Å². The van der Waals surface area contributed by atoms with E-state index in [9.17, 15) is 12.8 Å². The normalized spacial score (nSPS) is 11.7. The van der Waals surface area contributed by atoms with Crippen molar-refractivity contribution in [2.75, 3.05) is 0 Å². The summed E-state index contributed by atoms with van der Waals surface area (Å²) in [5.41, 5.74) is 0.939. The van der Waals surface area contributed by atoms with Gasteiger partial charge >= 0.3 is 0 Å². The molecule has 3 rings (SSSR count). The van der Waals surface area contributed by atoms with Crippen molar-refractivity contribution in [3.05, 3.63) is 63.8 Å². The Morgan fingerprint density at radius 2 is 2.04 bits per heavy atom. The lowest BCUT2D eigenvalue weighted by Gasteiger charge is -2.06. The lowest BCUT2D eigenvalue weighted by molar-refractivity contribution is 0.509. The first-order valence-corrected chi connectivity index (χ1v) is 9.32. The maximum Gasteiger partial charge on any atom is 0.241 e. The minimum Gasteiger partial charge on any atom is -0.460 e. The average molecular weight is 372 g/mol. The lowest BCUT2D eigenvalue weighted by atomic mass is 10.3. The lowest BCUT2D eigenvalue weighted by Crippen LogP contribution is -2.23. The van der Waals surface area contributed by atoms with E-state index in [1.165, 1.54) is 0 Å². The van der Waals surface area contributed by atoms with Gasteiger partial charge in [-0.1, -0.05) is 11.6 Å². The second-order valence-electron chi connectivity index (χ2n) is 4.68. The Morgan fingerprint density at radius 1 is 1.22 bits per heavy atom. The molecule has 0 atom stereocenters. The Kier molecular flexibility index (Phi) is 4.54. The van der Waals surface area contributed by atoms with Crippen molar-refractivity contribution in [1.29, 1.82) is 0 Å². The van der Waals surface area contributed by atoms with Crippen LogP contribution in [0.3, 0.4) is 0 Å². The summed E-state index contributed by atoms with van der Waals surface area (Å²) < 4.78 is 45.5. The van der Waals surface area contributed by atoms with Crippen LogP contribution in [0.1, 0.15) is 5.76 Å². The summed E-state index contributed by atoms with van der Waals surface area (Å²) >= 11 is 7.16. The second-order valence-corrected chi connectivity index (χ2v) is 7.63. The van der Waals surface area contributed by atoms with E-state index < -0.39 is 15.8 Å². The SMILES string of the molecule is O=S(=O)(NCc1ccc(-c2ccsc2)o1)c1ccc(F)c(Cl)c1. The predicted octanol–water partition coefficient (Wildman–Crippen LogP) is 4.28. The van der Waals surface area contributed by atoms with Gasteiger partial charge in [0, 0.05) is 10.9 Å². The average Bonchev–Trinajstić information content (AvgIpc) is 3.18. The number of nitrogens with one attached hydrogen (secondary N) is 1. The smallest absolute Gasteiger partial charge is 0.241 e. The minimum absolute atomic E-state index is 0.0124. The summed E-state index contributed by atoms with van der Waals surface area (Å²) in [4.78, 5) is -0.103. The van der Waals surface area contributed by atoms with E-state index in [4.69, 9.17) is 16.0 Å². The van der Waals surface area contributed by atoms with Crippen LogP contribution in [0.15, 0.2) is 56.5 Å². The van der Waals surface area contributed by atoms with Crippen molar-refractivity contribution < 1.29 is 17.2 Å². The fourth-order valence-corrected chi connectivity index (χ4v) is 3.84. The molecule has 0 unspecified atom stereocenters. The molecule has 0 aliphatic carbocycles. The molecule has 0 amide bonds. The highest BCUT2D eigenvalue weighted by molar-refractivity contribution is 7.89. The first-order chi connectivity index (χ1) is 11.0. The summed E-state index contributed by atoms with van der Waals surface area (Å²) in [7, 11) is -3.80. The largest absolute Gasteiger partial charge is 0.460 e. The van der Waals surface area contributed by atoms with Gasteiger partial charge in [-0.05, 0) is 41.8 Å². The Hall–Kier alpha value is -1.67. The van der Waals surface area contributed by atoms with Crippen molar-refractivity contribution in [2.24, 2.45) is 0 Å². The molecule has 0 radical (unpaired) electrons. The van der Waals surface area contributed by atoms with Gasteiger partial charge in [-0.2, -0.15) is 11.3 Å². The number of thiophene rings is 1. The number of halogens is 2. The molecule has 0 fully saturated rings. The molecule has 0 spiro atoms. The minimum atomic E-state index is -3.80. The number of rotatable bonds is 5. The molecule has 0 aliphatic rings. The Morgan fingerprint density at radius 3 is 2.74 bits per heavy atom. The van der Waals surface area contributed by atoms with Crippen LogP contribution >= 0.6 is 22.9 Å². The summed E-state index contributed by atoms with van der Waals surface area (Å²) in [6.07, 6.45) is 0. The third kappa shape index (κ3) is 3.64. The van der Waals surface area contributed by atoms with E-state index in [-0.39, 0.29) is 16.5 Å². The van der Waals surface area contributed by atoms with Gasteiger partial charge in [0.05, 0.1) is 16.5 Å². The molecule has 0 aliphatic heterocycles. The van der Waals surface area contributed by atoms with Gasteiger partial charge in [-0.25, -0.2) is 17.5 Å². The molecule has 0 saturated carbocycles. The highest BCUT2D eigenvalue weighted by Gasteiger charge is 2.16. The molecule has 3 aromatic rings. The van der Waals surface area contributed by atoms with Crippen molar-refractivity contribution >= 4 is 33.0 Å². The van der Waals surface area contributed by atoms with Crippen LogP contribution in [0.25, 0.3) is 11.3 Å². The number of benzene rings is 1. The highest BCUT2D eigenvalue weighted by atomic mass is 35.5. The molecule has 23 heavy (non-hydrogen) atoms. The van der Waals surface area contributed by atoms with E-state index in [0.29, 0.717) is 11.5 Å². The Balaban J connectivity index is 1.73. The van der Waals surface area contributed by atoms with Crippen LogP contribution in [0.5, 0.6) is 0 Å². The molecule has 0 bridgehead atoms. The first kappa shape index (κ1) is 16.2. The van der Waals surface area contributed by atoms with Crippen LogP contribution in [-0.4, -0.2) is 8.42 Å². The fraction of sp³-hybridized carbons (Fsp3) is 0.0667. The van der Waals surface area contributed by atoms with Crippen molar-refractivity contribution in [1.82, 2.24) is 4.72 Å². The maximum absolute atomic E-state index is 13.1. The molecule has 4 nitrogen and oxygen atoms in total. The number of hydrogen-bond acceptors (Lipinski definition) is 4. The standard InChI is InChI=1S/C15H11ClFNO3S2/c16-13-7-12(2-3-14(13)17)23(19,20)18-8-11-1-4-15(21-11)10-5-6-22-9-10/h1-7,9,18H,8H2. The zero-order valence-corrected chi connectivity index (χ0v) is 14.0. The van der Waals surface area contributed by atoms with Crippen LogP contribution < -0.4 is 4.72 Å². The van der Waals surface area contributed by atoms with E-state index in [1.807, 2.05) is 16.8 Å². The molecule has 0 saturated heterocycles. The quantitative estimate of drug-likeness (QED) is 0.728. The van der Waals surface area contributed by atoms with E-state index in [0.717, 1.165) is 23.8 Å². The van der Waals surface area contributed by atoms with Gasteiger partial charge in [-0.3, -0.25) is 0 Å². The van der Waals surface area contributed by atoms with Gasteiger partial charge in [0.1, 0.15) is 17.3 Å². The Bertz CT molecular complexity index is 920. The van der Waals surface area contributed by atoms with Crippen LogP contribution in [0.4, 0.5) is 4.39 Å². The van der Waals surface area contributed by atoms with E-state index in [1.54, 1.807) is 23.5 Å². The van der Waals surface area contributed by atoms with Gasteiger partial charge in [0.2, 0.25) is 10.0 Å². The van der Waals surface area contributed by atoms with Crippen molar-refractivity contribution in [2.45, 2.75) is 11.4 Å². The van der Waals surface area contributed by atoms with E-state index in [2.05, 4.69) is 4.72 Å². The summed E-state index contributed by atoms with van der Waals surface area (Å²) in [5, 5.41) is 3.62. The number of hydrogen-bond donors (Lipinski definition) is 1. The number of furan rings is 1. The van der Waals surface area contributed by atoms with Gasteiger partial charge < -0.3 is 4.42 Å². The van der Waals surface area contributed by atoms with Gasteiger partial charge in [0.15, 0.2) is 0 Å². The van der Waals surface area contributed by atoms with E-state index >= 15 is 0 Å². The van der Waals surface area contributed by atoms with Gasteiger partial charge in [-0.15, -0.1) is 0 Å². The zero-order valence-electron chi connectivity index (χ0n) is 11.6. The summed E-state index contributed by atoms with van der Waals surface area (Å²) in [6.45, 7) is -0.0124. The summed E-state index contributed by atoms with van der Waals surface area (Å²) in [6, 6.07) is 8.63. The topological polar surface area (TPSA) is 59.3 Å². The molecule has 120 valence electrons. The molecule has 1 N–H and O–H groups in total. The molecular formula is C15H11ClFNO3S2. The predicted molar refractivity (Wildman–Crippen MR) is 87.5 cm³/mol. The number of sulfonamides is 1. The molecule has 2 heterocycles. The third-order valence-corrected chi connectivity index (χ3v) is 5.48. The second kappa shape index (κ2) is 6.45. The van der Waals surface area contributed by atoms with Crippen LogP contribution in [0, 0.1) is 5.82 Å². The molecule has 8 heteroatoms. The first-order valence-electron chi connectivity index (χ1n) is 6.52. The molecule has 2 aromatic heterocycles. The van der Waals surface area contributed by atoms with Crippen molar-refractivity contribution in [3.63, 3.8) is 0 Å². The zero-order chi connectivity index (χ0) is 16.4. The summed E-state index contributed by atoms with van der Waals surface area (Å²) in [5.74, 6) is 0.477. The molecular weight excluding hydrogens is 361 g/mol. The van der Waals surface area contributed by atoms with Gasteiger partial charge in [0.25, 0.3) is 0 Å².